The van der Waals surface area contributed by atoms with Gasteiger partial charge in [0.1, 0.15) is 31.3 Å². The summed E-state index contributed by atoms with van der Waals surface area (Å²) in [5.41, 5.74) is 0.974. The fourth-order valence-corrected chi connectivity index (χ4v) is 11.6. The minimum atomic E-state index is -4.61. The van der Waals surface area contributed by atoms with Crippen LogP contribution in [0.5, 0.6) is 0 Å². The number of hydrogen-bond donors (Lipinski definition) is 10. The maximum absolute atomic E-state index is 12.8. The lowest BCUT2D eigenvalue weighted by Gasteiger charge is -2.21. The van der Waals surface area contributed by atoms with Crippen LogP contribution in [-0.4, -0.2) is 162 Å². The van der Waals surface area contributed by atoms with Crippen LogP contribution >= 0.6 is 22.8 Å². The summed E-state index contributed by atoms with van der Waals surface area (Å²) < 4.78 is 54.6. The molecule has 0 saturated heterocycles. The molecule has 0 aliphatic heterocycles. The van der Waals surface area contributed by atoms with Crippen molar-refractivity contribution in [3.05, 3.63) is 248 Å². The van der Waals surface area contributed by atoms with E-state index < -0.39 is 210 Å². The molecule has 11 N–H and O–H groups in total. The largest absolute Gasteiger partial charge is 0.505 e. The number of benzene rings is 6. The Balaban J connectivity index is -0.00000137. The quantitative estimate of drug-likeness (QED) is 0.00469. The molecule has 112 heavy (non-hydrogen) atoms. The van der Waals surface area contributed by atoms with Crippen LogP contribution in [0.25, 0.3) is 0 Å². The number of methoxy groups -OCH3 is 2. The predicted molar refractivity (Wildman–Crippen MR) is 392 cm³/mol. The number of carbonyl (C=O) groups excluding carboxylic acids is 5. The van der Waals surface area contributed by atoms with E-state index in [1.54, 1.807) is 42.5 Å². The number of nitrogens with one attached hydrogen (secondary N) is 2. The molecule has 2 amide bonds. The number of esters is 2. The first-order valence-electron chi connectivity index (χ1n) is 29.5. The van der Waals surface area contributed by atoms with Gasteiger partial charge in [-0.15, -0.1) is 0 Å². The Labute approximate surface area is 633 Å². The second kappa shape index (κ2) is 50.2. The predicted octanol–water partition coefficient (Wildman–Crippen LogP) is 9.62. The number of aliphatic hydroxyl groups excluding tert-OH is 3. The van der Waals surface area contributed by atoms with E-state index in [0.29, 0.717) is 24.0 Å². The molecule has 50 heteroatoms. The molecule has 6 aromatic rings. The summed E-state index contributed by atoms with van der Waals surface area (Å²) in [4.78, 5) is 175. The summed E-state index contributed by atoms with van der Waals surface area (Å²) in [6.45, 7) is -0.513. The number of nitrogens with zero attached hydrogens (tertiary/aromatic N) is 8. The monoisotopic (exact) mass is 1650 g/mol. The van der Waals surface area contributed by atoms with Gasteiger partial charge in [0, 0.05) is 84.0 Å². The lowest BCUT2D eigenvalue weighted by atomic mass is 10.2. The van der Waals surface area contributed by atoms with Gasteiger partial charge >= 0.3 is 38.1 Å². The van der Waals surface area contributed by atoms with Crippen molar-refractivity contribution in [2.24, 2.45) is 5.73 Å². The second-order valence-corrected chi connectivity index (χ2v) is 27.2. The number of hydrogen-bond acceptors (Lipinski definition) is 33. The van der Waals surface area contributed by atoms with E-state index in [1.165, 1.54) is 7.11 Å². The van der Waals surface area contributed by atoms with Gasteiger partial charge in [0.2, 0.25) is 14.7 Å². The number of non-ortho nitro benzene ring substituents is 8. The molecular formula is C62H79N11O36P3+. The van der Waals surface area contributed by atoms with Crippen LogP contribution in [0.15, 0.2) is 133 Å². The molecule has 8 atom stereocenters. The topological polar surface area (TPSA) is 727 Å². The van der Waals surface area contributed by atoms with E-state index in [1.807, 2.05) is 18.2 Å². The number of aldehydes is 1. The summed E-state index contributed by atoms with van der Waals surface area (Å²) in [7, 11) is -9.22. The third-order valence-electron chi connectivity index (χ3n) is 13.5. The molecule has 0 aliphatic rings. The minimum absolute atomic E-state index is 0. The molecule has 0 aliphatic carbocycles. The van der Waals surface area contributed by atoms with Crippen molar-refractivity contribution in [1.29, 1.82) is 0 Å². The Kier molecular flexibility index (Phi) is 46.4. The second-order valence-electron chi connectivity index (χ2n) is 21.2. The van der Waals surface area contributed by atoms with E-state index in [2.05, 4.69) is 20.1 Å². The number of rotatable bonds is 32. The number of ether oxygens (including phenoxy) is 4. The molecule has 0 saturated carbocycles. The normalized spacial score (nSPS) is 12.5. The van der Waals surface area contributed by atoms with E-state index in [0.717, 1.165) is 73.3 Å². The van der Waals surface area contributed by atoms with Crippen molar-refractivity contribution in [2.45, 2.75) is 98.6 Å². The minimum Gasteiger partial charge on any atom is -0.480 e. The van der Waals surface area contributed by atoms with Gasteiger partial charge in [-0.25, -0.2) is 19.2 Å². The first-order valence-corrected chi connectivity index (χ1v) is 34.7. The molecule has 612 valence electrons. The standard InChI is InChI=1S/C20H22N3O11P.C13H16NO6P.C11H14N3O9P.C7H6N2O5.C7H4N2O5.4CH4/c1-33-18(24)17(21-20(26)34-12-13-5-3-2-4-6-13)7-8-35(31,32)19(25)14-9-15(22(27)28)11-16(10-14)23(29)30;1-19-12(15)11(7-8-21(17)18)14-13(16)20-9-10-5-3-2-4-6-10;12-9(10(15)16)1-2-24(22,23)11(17)6-3-7(13(18)19)5-8(4-6)14(20)21;2*10-4-5-1-6(8(11)12)3-7(2-5)9(13)14;;;;/h2-6,9-11,17,19,25H,7-8,12H2,1H3,(H,21,26)(H,31,32);2-6,11H,7-9H2,1H3,(H-,14,16,17,18);3-5,9,11,17H,1-2,12H2,(H,15,16)(H,22,23);1-3,10H,4H2;1-4H;4*1H4/p+1/t17-,19?;11-;9-,11?;;;;;;/m000....../s1. The summed E-state index contributed by atoms with van der Waals surface area (Å²) in [6.07, 6.45) is -3.94. The van der Waals surface area contributed by atoms with Gasteiger partial charge in [-0.2, -0.15) is 4.89 Å². The molecule has 0 spiro atoms. The Morgan fingerprint density at radius 2 is 0.777 bits per heavy atom. The van der Waals surface area contributed by atoms with Crippen molar-refractivity contribution in [3.63, 3.8) is 0 Å². The highest BCUT2D eigenvalue weighted by Crippen LogP contribution is 2.56. The van der Waals surface area contributed by atoms with Crippen molar-refractivity contribution in [2.75, 3.05) is 32.7 Å². The zero-order valence-electron chi connectivity index (χ0n) is 55.5. The Morgan fingerprint density at radius 1 is 0.491 bits per heavy atom. The molecular weight excluding hydrogens is 1570 g/mol. The summed E-state index contributed by atoms with van der Waals surface area (Å²) >= 11 is 0. The van der Waals surface area contributed by atoms with E-state index >= 15 is 0 Å². The van der Waals surface area contributed by atoms with Gasteiger partial charge in [-0.3, -0.25) is 99.6 Å². The van der Waals surface area contributed by atoms with Gasteiger partial charge in [0.25, 0.3) is 45.5 Å². The van der Waals surface area contributed by atoms with Gasteiger partial charge < -0.3 is 65.5 Å². The molecule has 47 nitrogen and oxygen atoms in total. The first kappa shape index (κ1) is 104. The van der Waals surface area contributed by atoms with Crippen molar-refractivity contribution in [1.82, 2.24) is 10.6 Å². The summed E-state index contributed by atoms with van der Waals surface area (Å²) in [6, 6.07) is 23.8. The highest BCUT2D eigenvalue weighted by molar-refractivity contribution is 7.58. The summed E-state index contributed by atoms with van der Waals surface area (Å²) in [5.74, 6) is -7.44. The molecule has 6 aromatic carbocycles. The average molecular weight is 1650 g/mol. The Morgan fingerprint density at radius 3 is 1.04 bits per heavy atom. The highest BCUT2D eigenvalue weighted by atomic mass is 31.2. The fourth-order valence-electron chi connectivity index (χ4n) is 8.12. The van der Waals surface area contributed by atoms with Crippen LogP contribution in [0.3, 0.4) is 0 Å². The number of amides is 2. The van der Waals surface area contributed by atoms with E-state index in [9.17, 15) is 143 Å². The zero-order chi connectivity index (χ0) is 81.9. The number of nitro benzene ring substituents is 8. The first-order chi connectivity index (χ1) is 50.5. The number of carboxylic acid groups (broad SMARTS) is 1. The van der Waals surface area contributed by atoms with Gasteiger partial charge in [0.15, 0.2) is 24.1 Å². The maximum atomic E-state index is 12.8. The van der Waals surface area contributed by atoms with E-state index in [-0.39, 0.29) is 66.6 Å². The molecule has 0 heterocycles. The number of alkyl carbamates (subject to hydrolysis) is 2. The number of aliphatic carboxylic acids is 1. The molecule has 5 unspecified atom stereocenters. The van der Waals surface area contributed by atoms with Crippen LogP contribution < -0.4 is 16.4 Å². The highest BCUT2D eigenvalue weighted by Gasteiger charge is 2.37. The number of carbonyl (C=O) groups is 6. The van der Waals surface area contributed by atoms with Crippen molar-refractivity contribution >= 4 is 105 Å². The molecule has 0 bridgehead atoms. The number of aliphatic hydroxyl groups is 3. The Bertz CT molecular complexity index is 4260. The number of carboxylic acids is 1. The number of nitro groups is 8. The zero-order valence-corrected chi connectivity index (χ0v) is 58.2. The van der Waals surface area contributed by atoms with Crippen molar-refractivity contribution < 1.29 is 136 Å². The van der Waals surface area contributed by atoms with Crippen LogP contribution in [0.1, 0.15) is 98.8 Å². The summed E-state index contributed by atoms with van der Waals surface area (Å²) in [5, 5.41) is 127. The maximum Gasteiger partial charge on any atom is 0.505 e. The van der Waals surface area contributed by atoms with Crippen LogP contribution in [0, 0.1) is 80.9 Å². The number of nitrogens with two attached hydrogens (primary N) is 1. The van der Waals surface area contributed by atoms with Gasteiger partial charge in [-0.05, 0) is 34.1 Å². The molecule has 0 fully saturated rings. The lowest BCUT2D eigenvalue weighted by molar-refractivity contribution is -0.394. The van der Waals surface area contributed by atoms with Crippen LogP contribution in [0.2, 0.25) is 0 Å². The van der Waals surface area contributed by atoms with Crippen molar-refractivity contribution in [3.8, 4) is 0 Å². The van der Waals surface area contributed by atoms with E-state index in [4.69, 9.17) is 30.3 Å². The molecule has 0 aromatic heterocycles. The third-order valence-corrected chi connectivity index (χ3v) is 18.1. The van der Waals surface area contributed by atoms with Crippen LogP contribution in [-0.2, 0) is 66.8 Å². The van der Waals surface area contributed by atoms with Gasteiger partial charge in [-0.1, -0.05) is 90.4 Å². The third kappa shape index (κ3) is 36.1. The SMILES string of the molecule is C.C.C.C.COC(=O)[C@H](CCP(=O)(O)C(O)c1cc([N+](=O)[O-])cc([N+](=O)[O-])c1)NC(=O)OCc1ccccc1.COC(=O)[C@H](CC[P+](=O)O)NC(=O)OCc1ccccc1.N[C@@H](CCP(=O)(O)C(O)c1cc([N+](=O)[O-])cc([N+](=O)[O-])c1)C(=O)O.O=Cc1cc([N+](=O)[O-])cc([N+](=O)[O-])c1.O=[N+]([O-])c1cc(CO)cc([N+](=O)[O-])c1. The average Bonchev–Trinajstić information content (AvgIpc) is 0.813. The van der Waals surface area contributed by atoms with Crippen LogP contribution in [0.4, 0.5) is 55.1 Å². The fraction of sp³-hybridized carbons (Fsp3) is 0.323. The van der Waals surface area contributed by atoms with Gasteiger partial charge in [0.05, 0.1) is 84.5 Å². The Hall–Kier alpha value is -12.6. The lowest BCUT2D eigenvalue weighted by Crippen LogP contribution is -2.42. The molecule has 0 radical (unpaired) electrons. The smallest absolute Gasteiger partial charge is 0.480 e. The molecule has 6 rings (SSSR count).